The third-order valence-corrected chi connectivity index (χ3v) is 2.56. The van der Waals surface area contributed by atoms with Crippen molar-refractivity contribution in [2.75, 3.05) is 6.61 Å². The van der Waals surface area contributed by atoms with E-state index in [4.69, 9.17) is 4.74 Å². The van der Waals surface area contributed by atoms with Crippen LogP contribution < -0.4 is 4.74 Å². The molecule has 0 N–H and O–H groups in total. The number of Topliss-reactive ketones (excluding diaryl/α,β-unsaturated/α-hetero) is 1. The topological polar surface area (TPSA) is 69.4 Å². The van der Waals surface area contributed by atoms with Crippen LogP contribution >= 0.6 is 15.9 Å². The standard InChI is InChI=1S/C10H10BrNO4/c1-3-16-10-5-9(12(14)15)8(11)4-7(10)6(2)13/h4-5H,3H2,1-2H3. The van der Waals surface area contributed by atoms with E-state index in [9.17, 15) is 14.9 Å². The number of hydrogen-bond donors (Lipinski definition) is 0. The number of carbonyl (C=O) groups excluding carboxylic acids is 1. The molecule has 0 amide bonds. The molecule has 1 aromatic rings. The number of nitro benzene ring substituents is 1. The number of nitro groups is 1. The molecule has 0 atom stereocenters. The minimum atomic E-state index is -0.531. The van der Waals surface area contributed by atoms with Crippen LogP contribution in [-0.2, 0) is 0 Å². The Balaban J connectivity index is 3.36. The van der Waals surface area contributed by atoms with Crippen LogP contribution in [0.1, 0.15) is 24.2 Å². The highest BCUT2D eigenvalue weighted by Crippen LogP contribution is 2.33. The maximum Gasteiger partial charge on any atom is 0.287 e. The minimum absolute atomic E-state index is 0.117. The fraction of sp³-hybridized carbons (Fsp3) is 0.300. The van der Waals surface area contributed by atoms with E-state index in [1.807, 2.05) is 0 Å². The molecule has 16 heavy (non-hydrogen) atoms. The first-order chi connectivity index (χ1) is 7.47. The van der Waals surface area contributed by atoms with Crippen molar-refractivity contribution in [1.29, 1.82) is 0 Å². The first-order valence-electron chi connectivity index (χ1n) is 4.59. The summed E-state index contributed by atoms with van der Waals surface area (Å²) in [5.74, 6) is 0.0453. The van der Waals surface area contributed by atoms with Gasteiger partial charge in [-0.25, -0.2) is 0 Å². The van der Waals surface area contributed by atoms with Gasteiger partial charge in [0.2, 0.25) is 0 Å². The highest BCUT2D eigenvalue weighted by atomic mass is 79.9. The van der Waals surface area contributed by atoms with Crippen LogP contribution in [-0.4, -0.2) is 17.3 Å². The summed E-state index contributed by atoms with van der Waals surface area (Å²) in [6.07, 6.45) is 0. The summed E-state index contributed by atoms with van der Waals surface area (Å²) in [5, 5.41) is 10.7. The zero-order chi connectivity index (χ0) is 12.3. The Hall–Kier alpha value is -1.43. The second kappa shape index (κ2) is 5.07. The van der Waals surface area contributed by atoms with Crippen molar-refractivity contribution in [3.8, 4) is 5.75 Å². The number of carbonyl (C=O) groups is 1. The van der Waals surface area contributed by atoms with E-state index in [2.05, 4.69) is 15.9 Å². The molecule has 0 unspecified atom stereocenters. The summed E-state index contributed by atoms with van der Waals surface area (Å²) in [5.41, 5.74) is 0.216. The van der Waals surface area contributed by atoms with E-state index in [-0.39, 0.29) is 21.7 Å². The lowest BCUT2D eigenvalue weighted by atomic mass is 10.1. The average molecular weight is 288 g/mol. The van der Waals surface area contributed by atoms with Gasteiger partial charge in [-0.05, 0) is 35.8 Å². The van der Waals surface area contributed by atoms with Crippen molar-refractivity contribution in [1.82, 2.24) is 0 Å². The Bertz CT molecular complexity index is 445. The molecular formula is C10H10BrNO4. The van der Waals surface area contributed by atoms with Crippen molar-refractivity contribution < 1.29 is 14.5 Å². The Labute approximate surface area is 101 Å². The van der Waals surface area contributed by atoms with Crippen LogP contribution in [0.2, 0.25) is 0 Å². The van der Waals surface area contributed by atoms with Crippen LogP contribution in [0.25, 0.3) is 0 Å². The predicted molar refractivity (Wildman–Crippen MR) is 62.0 cm³/mol. The first kappa shape index (κ1) is 12.6. The van der Waals surface area contributed by atoms with Crippen LogP contribution in [0.15, 0.2) is 16.6 Å². The Kier molecular flexibility index (Phi) is 4.00. The maximum absolute atomic E-state index is 11.3. The molecule has 0 aliphatic rings. The number of benzene rings is 1. The second-order valence-corrected chi connectivity index (χ2v) is 3.90. The highest BCUT2D eigenvalue weighted by Gasteiger charge is 2.19. The predicted octanol–water partition coefficient (Wildman–Crippen LogP) is 2.96. The Morgan fingerprint density at radius 2 is 2.19 bits per heavy atom. The summed E-state index contributed by atoms with van der Waals surface area (Å²) in [7, 11) is 0. The highest BCUT2D eigenvalue weighted by molar-refractivity contribution is 9.10. The fourth-order valence-electron chi connectivity index (χ4n) is 1.23. The third-order valence-electron chi connectivity index (χ3n) is 1.92. The van der Waals surface area contributed by atoms with Gasteiger partial charge in [0.15, 0.2) is 5.78 Å². The molecule has 0 spiro atoms. The summed E-state index contributed by atoms with van der Waals surface area (Å²) < 4.78 is 5.47. The van der Waals surface area contributed by atoms with E-state index < -0.39 is 4.92 Å². The van der Waals surface area contributed by atoms with Gasteiger partial charge in [-0.1, -0.05) is 0 Å². The normalized spacial score (nSPS) is 9.94. The molecule has 0 heterocycles. The number of ketones is 1. The van der Waals surface area contributed by atoms with E-state index in [0.29, 0.717) is 12.2 Å². The van der Waals surface area contributed by atoms with Crippen molar-refractivity contribution in [2.45, 2.75) is 13.8 Å². The summed E-state index contributed by atoms with van der Waals surface area (Å²) >= 11 is 3.05. The van der Waals surface area contributed by atoms with Gasteiger partial charge in [0.25, 0.3) is 5.69 Å². The van der Waals surface area contributed by atoms with Gasteiger partial charge in [0.05, 0.1) is 27.6 Å². The minimum Gasteiger partial charge on any atom is -0.493 e. The molecule has 0 aliphatic carbocycles. The molecule has 0 aromatic heterocycles. The number of halogens is 1. The van der Waals surface area contributed by atoms with Crippen LogP contribution in [0.5, 0.6) is 5.75 Å². The van der Waals surface area contributed by atoms with Crippen molar-refractivity contribution in [3.63, 3.8) is 0 Å². The Morgan fingerprint density at radius 1 is 1.56 bits per heavy atom. The van der Waals surface area contributed by atoms with Crippen molar-refractivity contribution in [3.05, 3.63) is 32.3 Å². The molecule has 86 valence electrons. The van der Waals surface area contributed by atoms with Crippen LogP contribution in [0.3, 0.4) is 0 Å². The van der Waals surface area contributed by atoms with Crippen LogP contribution in [0, 0.1) is 10.1 Å². The van der Waals surface area contributed by atoms with Crippen molar-refractivity contribution >= 4 is 27.4 Å². The zero-order valence-corrected chi connectivity index (χ0v) is 10.4. The third kappa shape index (κ3) is 2.57. The molecule has 6 heteroatoms. The van der Waals surface area contributed by atoms with Gasteiger partial charge in [-0.3, -0.25) is 14.9 Å². The van der Waals surface area contributed by atoms with Gasteiger partial charge in [-0.2, -0.15) is 0 Å². The van der Waals surface area contributed by atoms with Gasteiger partial charge in [0.1, 0.15) is 5.75 Å². The molecule has 0 radical (unpaired) electrons. The molecule has 5 nitrogen and oxygen atoms in total. The molecule has 0 saturated heterocycles. The molecule has 1 rings (SSSR count). The SMILES string of the molecule is CCOc1cc([N+](=O)[O-])c(Br)cc1C(C)=O. The molecule has 0 saturated carbocycles. The quantitative estimate of drug-likeness (QED) is 0.485. The molecule has 0 bridgehead atoms. The molecule has 0 fully saturated rings. The summed E-state index contributed by atoms with van der Waals surface area (Å²) in [4.78, 5) is 21.5. The number of ether oxygens (including phenoxy) is 1. The largest absolute Gasteiger partial charge is 0.493 e. The summed E-state index contributed by atoms with van der Waals surface area (Å²) in [6.45, 7) is 3.48. The number of nitrogens with zero attached hydrogens (tertiary/aromatic N) is 1. The molecule has 1 aromatic carbocycles. The van der Waals surface area contributed by atoms with Gasteiger partial charge < -0.3 is 4.74 Å². The van der Waals surface area contributed by atoms with E-state index >= 15 is 0 Å². The van der Waals surface area contributed by atoms with E-state index in [1.165, 1.54) is 19.1 Å². The number of hydrogen-bond acceptors (Lipinski definition) is 4. The zero-order valence-electron chi connectivity index (χ0n) is 8.82. The van der Waals surface area contributed by atoms with Gasteiger partial charge in [-0.15, -0.1) is 0 Å². The van der Waals surface area contributed by atoms with Crippen LogP contribution in [0.4, 0.5) is 5.69 Å². The maximum atomic E-state index is 11.3. The van der Waals surface area contributed by atoms with Gasteiger partial charge >= 0.3 is 0 Å². The lowest BCUT2D eigenvalue weighted by Gasteiger charge is -2.08. The second-order valence-electron chi connectivity index (χ2n) is 3.05. The first-order valence-corrected chi connectivity index (χ1v) is 5.38. The monoisotopic (exact) mass is 287 g/mol. The lowest BCUT2D eigenvalue weighted by molar-refractivity contribution is -0.385. The summed E-state index contributed by atoms with van der Waals surface area (Å²) in [6, 6.07) is 2.66. The van der Waals surface area contributed by atoms with Crippen molar-refractivity contribution in [2.24, 2.45) is 0 Å². The smallest absolute Gasteiger partial charge is 0.287 e. The average Bonchev–Trinajstić information content (AvgIpc) is 2.19. The molecule has 0 aliphatic heterocycles. The Morgan fingerprint density at radius 3 is 2.62 bits per heavy atom. The molecular weight excluding hydrogens is 278 g/mol. The van der Waals surface area contributed by atoms with E-state index in [1.54, 1.807) is 6.92 Å². The van der Waals surface area contributed by atoms with E-state index in [0.717, 1.165) is 0 Å². The lowest BCUT2D eigenvalue weighted by Crippen LogP contribution is -2.02. The van der Waals surface area contributed by atoms with Gasteiger partial charge in [0, 0.05) is 0 Å². The fourth-order valence-corrected chi connectivity index (χ4v) is 1.72. The number of rotatable bonds is 4.